The summed E-state index contributed by atoms with van der Waals surface area (Å²) in [4.78, 5) is 22.6. The van der Waals surface area contributed by atoms with Crippen LogP contribution in [-0.4, -0.2) is 42.2 Å². The maximum atomic E-state index is 12.1. The van der Waals surface area contributed by atoms with E-state index in [-0.39, 0.29) is 12.5 Å². The highest BCUT2D eigenvalue weighted by molar-refractivity contribution is 6.05. The molecule has 2 heterocycles. The van der Waals surface area contributed by atoms with Gasteiger partial charge in [0, 0.05) is 11.8 Å². The van der Waals surface area contributed by atoms with E-state index in [2.05, 4.69) is 25.8 Å². The molecule has 2 aromatic heterocycles. The molecular weight excluding hydrogens is 276 g/mol. The summed E-state index contributed by atoms with van der Waals surface area (Å²) in [6, 6.07) is 4.92. The minimum absolute atomic E-state index is 0.263. The Bertz CT molecular complexity index is 821. The number of aliphatic carboxylic acids is 1. The van der Waals surface area contributed by atoms with E-state index < -0.39 is 5.97 Å². The lowest BCUT2D eigenvalue weighted by Crippen LogP contribution is -2.11. The zero-order valence-corrected chi connectivity index (χ0v) is 10.6. The Morgan fingerprint density at radius 3 is 2.90 bits per heavy atom. The van der Waals surface area contributed by atoms with E-state index in [1.165, 1.54) is 17.1 Å². The molecule has 0 fully saturated rings. The van der Waals surface area contributed by atoms with Crippen molar-refractivity contribution in [1.29, 1.82) is 0 Å². The molecule has 9 nitrogen and oxygen atoms in total. The van der Waals surface area contributed by atoms with Crippen molar-refractivity contribution in [2.75, 3.05) is 5.32 Å². The number of hydrogen-bond donors (Lipinski definition) is 3. The highest BCUT2D eigenvalue weighted by Gasteiger charge is 2.10. The lowest BCUT2D eigenvalue weighted by atomic mass is 10.2. The monoisotopic (exact) mass is 286 g/mol. The molecule has 106 valence electrons. The molecule has 9 heteroatoms. The standard InChI is InChI=1S/C12H10N6O3/c19-11(20)6-18-5-8(4-13-18)14-12(21)7-1-2-9-10(3-7)16-17-15-9/h1-5H,6H2,(H,14,21)(H,19,20)(H,15,16,17). The lowest BCUT2D eigenvalue weighted by molar-refractivity contribution is -0.137. The van der Waals surface area contributed by atoms with Crippen LogP contribution in [0.4, 0.5) is 5.69 Å². The normalized spacial score (nSPS) is 10.7. The van der Waals surface area contributed by atoms with Gasteiger partial charge in [-0.2, -0.15) is 20.5 Å². The van der Waals surface area contributed by atoms with Crippen LogP contribution in [-0.2, 0) is 11.3 Å². The average molecular weight is 286 g/mol. The zero-order chi connectivity index (χ0) is 14.8. The zero-order valence-electron chi connectivity index (χ0n) is 10.6. The first kappa shape index (κ1) is 12.8. The summed E-state index contributed by atoms with van der Waals surface area (Å²) in [7, 11) is 0. The Morgan fingerprint density at radius 1 is 1.29 bits per heavy atom. The van der Waals surface area contributed by atoms with E-state index in [1.807, 2.05) is 0 Å². The molecule has 0 unspecified atom stereocenters. The number of nitrogens with one attached hydrogen (secondary N) is 2. The van der Waals surface area contributed by atoms with E-state index in [4.69, 9.17) is 5.11 Å². The van der Waals surface area contributed by atoms with Gasteiger partial charge < -0.3 is 10.4 Å². The first-order chi connectivity index (χ1) is 10.1. The van der Waals surface area contributed by atoms with E-state index in [9.17, 15) is 9.59 Å². The second-order valence-electron chi connectivity index (χ2n) is 4.30. The Morgan fingerprint density at radius 2 is 2.10 bits per heavy atom. The Balaban J connectivity index is 1.76. The molecule has 3 N–H and O–H groups in total. The maximum absolute atomic E-state index is 12.1. The number of nitrogens with zero attached hydrogens (tertiary/aromatic N) is 4. The molecule has 0 aliphatic rings. The summed E-state index contributed by atoms with van der Waals surface area (Å²) >= 11 is 0. The molecule has 0 saturated heterocycles. The molecule has 0 saturated carbocycles. The number of benzene rings is 1. The average Bonchev–Trinajstić information content (AvgIpc) is 3.06. The van der Waals surface area contributed by atoms with Crippen LogP contribution in [0.2, 0.25) is 0 Å². The Hall–Kier alpha value is -3.23. The molecule has 0 radical (unpaired) electrons. The van der Waals surface area contributed by atoms with Crippen LogP contribution in [0.3, 0.4) is 0 Å². The van der Waals surface area contributed by atoms with Gasteiger partial charge in [-0.3, -0.25) is 14.3 Å². The van der Waals surface area contributed by atoms with Gasteiger partial charge in [0.2, 0.25) is 0 Å². The van der Waals surface area contributed by atoms with Gasteiger partial charge in [-0.25, -0.2) is 0 Å². The first-order valence-corrected chi connectivity index (χ1v) is 5.98. The second-order valence-corrected chi connectivity index (χ2v) is 4.30. The fourth-order valence-electron chi connectivity index (χ4n) is 1.84. The fraction of sp³-hybridized carbons (Fsp3) is 0.0833. The van der Waals surface area contributed by atoms with E-state index in [1.54, 1.807) is 18.2 Å². The summed E-state index contributed by atoms with van der Waals surface area (Å²) in [5.41, 5.74) is 2.09. The van der Waals surface area contributed by atoms with Crippen LogP contribution in [0.25, 0.3) is 11.0 Å². The van der Waals surface area contributed by atoms with Crippen molar-refractivity contribution in [3.05, 3.63) is 36.2 Å². The first-order valence-electron chi connectivity index (χ1n) is 5.98. The van der Waals surface area contributed by atoms with Crippen LogP contribution in [0.5, 0.6) is 0 Å². The third-order valence-corrected chi connectivity index (χ3v) is 2.77. The smallest absolute Gasteiger partial charge is 0.325 e. The number of fused-ring (bicyclic) bond motifs is 1. The Labute approximate surface area is 117 Å². The summed E-state index contributed by atoms with van der Waals surface area (Å²) in [5, 5.41) is 25.4. The lowest BCUT2D eigenvalue weighted by Gasteiger charge is -2.01. The van der Waals surface area contributed by atoms with E-state index in [0.717, 1.165) is 0 Å². The number of carbonyl (C=O) groups is 2. The Kier molecular flexibility index (Phi) is 3.07. The highest BCUT2D eigenvalue weighted by Crippen LogP contribution is 2.13. The van der Waals surface area contributed by atoms with Crippen molar-refractivity contribution in [3.8, 4) is 0 Å². The molecule has 0 atom stereocenters. The van der Waals surface area contributed by atoms with Crippen LogP contribution in [0.15, 0.2) is 30.6 Å². The minimum atomic E-state index is -1.01. The number of H-pyrrole nitrogens is 1. The number of rotatable bonds is 4. The van der Waals surface area contributed by atoms with Crippen molar-refractivity contribution < 1.29 is 14.7 Å². The maximum Gasteiger partial charge on any atom is 0.325 e. The van der Waals surface area contributed by atoms with Crippen LogP contribution in [0, 0.1) is 0 Å². The number of hydrogen-bond acceptors (Lipinski definition) is 5. The second kappa shape index (κ2) is 5.04. The van der Waals surface area contributed by atoms with Gasteiger partial charge in [0.15, 0.2) is 0 Å². The molecule has 3 aromatic rings. The van der Waals surface area contributed by atoms with Crippen molar-refractivity contribution in [3.63, 3.8) is 0 Å². The van der Waals surface area contributed by atoms with Crippen molar-refractivity contribution in [2.24, 2.45) is 0 Å². The van der Waals surface area contributed by atoms with Crippen molar-refractivity contribution in [2.45, 2.75) is 6.54 Å². The van der Waals surface area contributed by atoms with Gasteiger partial charge >= 0.3 is 5.97 Å². The van der Waals surface area contributed by atoms with Gasteiger partial charge in [0.05, 0.1) is 11.9 Å². The molecule has 1 amide bonds. The predicted octanol–water partition coefficient (Wildman–Crippen LogP) is 0.491. The summed E-state index contributed by atoms with van der Waals surface area (Å²) in [5.74, 6) is -1.35. The fourth-order valence-corrected chi connectivity index (χ4v) is 1.84. The number of aromatic amines is 1. The third-order valence-electron chi connectivity index (χ3n) is 2.77. The summed E-state index contributed by atoms with van der Waals surface area (Å²) in [6.07, 6.45) is 2.83. The van der Waals surface area contributed by atoms with Gasteiger partial charge in [0.1, 0.15) is 17.6 Å². The number of aromatic nitrogens is 5. The van der Waals surface area contributed by atoms with Gasteiger partial charge in [-0.1, -0.05) is 0 Å². The number of carboxylic acids is 1. The SMILES string of the molecule is O=C(O)Cn1cc(NC(=O)c2ccc3n[nH]nc3c2)cn1. The number of carboxylic acid groups (broad SMARTS) is 1. The van der Waals surface area contributed by atoms with Crippen LogP contribution >= 0.6 is 0 Å². The molecule has 0 aliphatic heterocycles. The number of carbonyl (C=O) groups excluding carboxylic acids is 1. The largest absolute Gasteiger partial charge is 0.480 e. The number of anilines is 1. The van der Waals surface area contributed by atoms with Crippen LogP contribution in [0.1, 0.15) is 10.4 Å². The quantitative estimate of drug-likeness (QED) is 0.640. The predicted molar refractivity (Wildman–Crippen MR) is 71.7 cm³/mol. The molecular formula is C12H10N6O3. The van der Waals surface area contributed by atoms with Gasteiger partial charge in [0.25, 0.3) is 5.91 Å². The van der Waals surface area contributed by atoms with E-state index in [0.29, 0.717) is 22.3 Å². The third kappa shape index (κ3) is 2.71. The van der Waals surface area contributed by atoms with Gasteiger partial charge in [-0.15, -0.1) is 0 Å². The van der Waals surface area contributed by atoms with Crippen molar-refractivity contribution in [1.82, 2.24) is 25.2 Å². The van der Waals surface area contributed by atoms with Crippen LogP contribution < -0.4 is 5.32 Å². The molecule has 3 rings (SSSR count). The highest BCUT2D eigenvalue weighted by atomic mass is 16.4. The van der Waals surface area contributed by atoms with Gasteiger partial charge in [-0.05, 0) is 18.2 Å². The van der Waals surface area contributed by atoms with Crippen molar-refractivity contribution >= 4 is 28.6 Å². The molecule has 0 bridgehead atoms. The summed E-state index contributed by atoms with van der Waals surface area (Å²) in [6.45, 7) is -0.263. The number of amides is 1. The summed E-state index contributed by atoms with van der Waals surface area (Å²) < 4.78 is 1.22. The molecule has 1 aromatic carbocycles. The minimum Gasteiger partial charge on any atom is -0.480 e. The topological polar surface area (TPSA) is 126 Å². The van der Waals surface area contributed by atoms with E-state index >= 15 is 0 Å². The molecule has 21 heavy (non-hydrogen) atoms. The molecule has 0 aliphatic carbocycles. The molecule has 0 spiro atoms.